The van der Waals surface area contributed by atoms with Crippen molar-refractivity contribution in [2.24, 2.45) is 0 Å². The second-order valence-electron chi connectivity index (χ2n) is 3.26. The standard InChI is InChI=1S/C11H14O2S/c1-2-11(8-14,10(12)13)9-6-4-3-5-7-9/h3-7,14H,2,8H2,1H3,(H,12,13). The van der Waals surface area contributed by atoms with Crippen molar-refractivity contribution >= 4 is 18.6 Å². The van der Waals surface area contributed by atoms with Crippen LogP contribution in [0, 0.1) is 0 Å². The highest BCUT2D eigenvalue weighted by molar-refractivity contribution is 7.80. The number of carbonyl (C=O) groups is 1. The van der Waals surface area contributed by atoms with Gasteiger partial charge in [0.2, 0.25) is 0 Å². The summed E-state index contributed by atoms with van der Waals surface area (Å²) in [6.45, 7) is 1.87. The number of rotatable bonds is 4. The summed E-state index contributed by atoms with van der Waals surface area (Å²) >= 11 is 4.15. The van der Waals surface area contributed by atoms with Gasteiger partial charge in [-0.15, -0.1) is 0 Å². The normalized spacial score (nSPS) is 14.7. The molecule has 0 spiro atoms. The zero-order chi connectivity index (χ0) is 10.6. The summed E-state index contributed by atoms with van der Waals surface area (Å²) in [4.78, 5) is 11.2. The maximum absolute atomic E-state index is 11.2. The lowest BCUT2D eigenvalue weighted by molar-refractivity contribution is -0.143. The van der Waals surface area contributed by atoms with Crippen molar-refractivity contribution < 1.29 is 9.90 Å². The van der Waals surface area contributed by atoms with Gasteiger partial charge in [0.05, 0.1) is 0 Å². The fraction of sp³-hybridized carbons (Fsp3) is 0.364. The Bertz CT molecular complexity index is 304. The second kappa shape index (κ2) is 4.51. The maximum atomic E-state index is 11.2. The number of hydrogen-bond donors (Lipinski definition) is 2. The lowest BCUT2D eigenvalue weighted by atomic mass is 9.80. The summed E-state index contributed by atoms with van der Waals surface area (Å²) in [6, 6.07) is 9.27. The van der Waals surface area contributed by atoms with Gasteiger partial charge in [0, 0.05) is 5.75 Å². The quantitative estimate of drug-likeness (QED) is 0.748. The van der Waals surface area contributed by atoms with Crippen LogP contribution in [0.1, 0.15) is 18.9 Å². The van der Waals surface area contributed by atoms with E-state index >= 15 is 0 Å². The second-order valence-corrected chi connectivity index (χ2v) is 3.58. The van der Waals surface area contributed by atoms with E-state index in [4.69, 9.17) is 0 Å². The minimum atomic E-state index is -0.843. The first-order valence-corrected chi connectivity index (χ1v) is 5.20. The molecule has 0 saturated heterocycles. The van der Waals surface area contributed by atoms with Crippen LogP contribution in [0.4, 0.5) is 0 Å². The van der Waals surface area contributed by atoms with Crippen LogP contribution < -0.4 is 0 Å². The predicted molar refractivity (Wildman–Crippen MR) is 59.9 cm³/mol. The van der Waals surface area contributed by atoms with E-state index in [1.807, 2.05) is 37.3 Å². The van der Waals surface area contributed by atoms with Crippen molar-refractivity contribution in [3.63, 3.8) is 0 Å². The minimum absolute atomic E-state index is 0.322. The van der Waals surface area contributed by atoms with E-state index in [1.54, 1.807) is 0 Å². The lowest BCUT2D eigenvalue weighted by Crippen LogP contribution is -2.37. The zero-order valence-corrected chi connectivity index (χ0v) is 9.00. The Morgan fingerprint density at radius 2 is 2.00 bits per heavy atom. The maximum Gasteiger partial charge on any atom is 0.314 e. The molecule has 0 heterocycles. The SMILES string of the molecule is CCC(CS)(C(=O)O)c1ccccc1. The molecule has 1 rings (SSSR count). The van der Waals surface area contributed by atoms with Crippen molar-refractivity contribution in [1.29, 1.82) is 0 Å². The lowest BCUT2D eigenvalue weighted by Gasteiger charge is -2.26. The van der Waals surface area contributed by atoms with Gasteiger partial charge in [0.25, 0.3) is 0 Å². The smallest absolute Gasteiger partial charge is 0.314 e. The first-order chi connectivity index (χ1) is 6.67. The summed E-state index contributed by atoms with van der Waals surface area (Å²) in [7, 11) is 0. The predicted octanol–water partition coefficient (Wildman–Crippen LogP) is 2.35. The molecular weight excluding hydrogens is 196 g/mol. The molecule has 76 valence electrons. The number of benzene rings is 1. The highest BCUT2D eigenvalue weighted by Gasteiger charge is 2.36. The van der Waals surface area contributed by atoms with Gasteiger partial charge in [-0.25, -0.2) is 0 Å². The molecule has 0 saturated carbocycles. The van der Waals surface area contributed by atoms with Crippen LogP contribution in [0.25, 0.3) is 0 Å². The van der Waals surface area contributed by atoms with Crippen LogP contribution in [-0.4, -0.2) is 16.8 Å². The van der Waals surface area contributed by atoms with E-state index in [2.05, 4.69) is 12.6 Å². The number of aliphatic carboxylic acids is 1. The highest BCUT2D eigenvalue weighted by atomic mass is 32.1. The molecule has 1 aromatic carbocycles. The summed E-state index contributed by atoms with van der Waals surface area (Å²) < 4.78 is 0. The van der Waals surface area contributed by atoms with E-state index in [0.29, 0.717) is 12.2 Å². The summed E-state index contributed by atoms with van der Waals surface area (Å²) in [5.74, 6) is -0.482. The molecule has 14 heavy (non-hydrogen) atoms. The number of thiol groups is 1. The van der Waals surface area contributed by atoms with Crippen molar-refractivity contribution in [2.45, 2.75) is 18.8 Å². The Morgan fingerprint density at radius 1 is 1.43 bits per heavy atom. The van der Waals surface area contributed by atoms with Crippen molar-refractivity contribution in [2.75, 3.05) is 5.75 Å². The molecule has 0 radical (unpaired) electrons. The van der Waals surface area contributed by atoms with E-state index in [9.17, 15) is 9.90 Å². The van der Waals surface area contributed by atoms with Gasteiger partial charge in [0.15, 0.2) is 0 Å². The van der Waals surface area contributed by atoms with Gasteiger partial charge in [-0.2, -0.15) is 12.6 Å². The fourth-order valence-corrected chi connectivity index (χ4v) is 2.05. The molecule has 0 aliphatic carbocycles. The first-order valence-electron chi connectivity index (χ1n) is 4.57. The third kappa shape index (κ3) is 1.77. The molecular formula is C11H14O2S. The van der Waals surface area contributed by atoms with Crippen LogP contribution in [0.5, 0.6) is 0 Å². The molecule has 0 fully saturated rings. The van der Waals surface area contributed by atoms with E-state index in [-0.39, 0.29) is 0 Å². The summed E-state index contributed by atoms with van der Waals surface area (Å²) in [6.07, 6.45) is 0.551. The molecule has 1 N–H and O–H groups in total. The van der Waals surface area contributed by atoms with Crippen molar-refractivity contribution in [1.82, 2.24) is 0 Å². The summed E-state index contributed by atoms with van der Waals surface area (Å²) in [5.41, 5.74) is -0.0188. The molecule has 3 heteroatoms. The van der Waals surface area contributed by atoms with Gasteiger partial charge in [-0.1, -0.05) is 37.3 Å². The van der Waals surface area contributed by atoms with Gasteiger partial charge >= 0.3 is 5.97 Å². The van der Waals surface area contributed by atoms with Gasteiger partial charge in [0.1, 0.15) is 5.41 Å². The number of carboxylic acids is 1. The molecule has 0 amide bonds. The Kier molecular flexibility index (Phi) is 3.58. The van der Waals surface area contributed by atoms with Crippen LogP contribution in [0.3, 0.4) is 0 Å². The summed E-state index contributed by atoms with van der Waals surface area (Å²) in [5, 5.41) is 9.23. The van der Waals surface area contributed by atoms with Crippen LogP contribution in [-0.2, 0) is 10.2 Å². The van der Waals surface area contributed by atoms with Gasteiger partial charge < -0.3 is 5.11 Å². The average Bonchev–Trinajstić information content (AvgIpc) is 2.22. The third-order valence-corrected chi connectivity index (χ3v) is 3.15. The molecule has 1 atom stereocenters. The van der Waals surface area contributed by atoms with Gasteiger partial charge in [-0.3, -0.25) is 4.79 Å². The Hall–Kier alpha value is -0.960. The Morgan fingerprint density at radius 3 is 2.36 bits per heavy atom. The fourth-order valence-electron chi connectivity index (χ4n) is 1.51. The molecule has 2 nitrogen and oxygen atoms in total. The number of carboxylic acid groups (broad SMARTS) is 1. The Balaban J connectivity index is 3.18. The molecule has 1 unspecified atom stereocenters. The third-order valence-electron chi connectivity index (χ3n) is 2.61. The van der Waals surface area contributed by atoms with Crippen LogP contribution in [0.2, 0.25) is 0 Å². The van der Waals surface area contributed by atoms with E-state index in [0.717, 1.165) is 5.56 Å². The molecule has 1 aromatic rings. The Labute approximate surface area is 89.4 Å². The minimum Gasteiger partial charge on any atom is -0.481 e. The highest BCUT2D eigenvalue weighted by Crippen LogP contribution is 2.29. The first kappa shape index (κ1) is 11.1. The zero-order valence-electron chi connectivity index (χ0n) is 8.10. The van der Waals surface area contributed by atoms with Crippen molar-refractivity contribution in [3.05, 3.63) is 35.9 Å². The van der Waals surface area contributed by atoms with Crippen molar-refractivity contribution in [3.8, 4) is 0 Å². The average molecular weight is 210 g/mol. The largest absolute Gasteiger partial charge is 0.481 e. The van der Waals surface area contributed by atoms with Crippen LogP contribution >= 0.6 is 12.6 Å². The van der Waals surface area contributed by atoms with E-state index in [1.165, 1.54) is 0 Å². The number of hydrogen-bond acceptors (Lipinski definition) is 2. The van der Waals surface area contributed by atoms with E-state index < -0.39 is 11.4 Å². The van der Waals surface area contributed by atoms with Gasteiger partial charge in [-0.05, 0) is 12.0 Å². The molecule has 0 bridgehead atoms. The van der Waals surface area contributed by atoms with Crippen LogP contribution in [0.15, 0.2) is 30.3 Å². The topological polar surface area (TPSA) is 37.3 Å². The molecule has 0 aliphatic rings. The molecule has 0 aromatic heterocycles. The molecule has 0 aliphatic heterocycles. The monoisotopic (exact) mass is 210 g/mol.